The van der Waals surface area contributed by atoms with E-state index in [4.69, 9.17) is 6.42 Å². The van der Waals surface area contributed by atoms with Crippen molar-refractivity contribution in [3.05, 3.63) is 11.1 Å². The minimum atomic E-state index is -0.387. The van der Waals surface area contributed by atoms with E-state index in [1.807, 2.05) is 0 Å². The van der Waals surface area contributed by atoms with Crippen molar-refractivity contribution in [2.75, 3.05) is 0 Å². The van der Waals surface area contributed by atoms with Crippen molar-refractivity contribution in [3.8, 4) is 12.3 Å². The highest BCUT2D eigenvalue weighted by Crippen LogP contribution is 2.66. The number of carbonyl (C=O) groups is 1. The third kappa shape index (κ3) is 2.18. The van der Waals surface area contributed by atoms with Gasteiger partial charge in [-0.25, -0.2) is 0 Å². The molecule has 3 saturated carbocycles. The lowest BCUT2D eigenvalue weighted by Crippen LogP contribution is -2.52. The van der Waals surface area contributed by atoms with Gasteiger partial charge in [0, 0.05) is 17.3 Å². The fourth-order valence-corrected chi connectivity index (χ4v) is 7.46. The summed E-state index contributed by atoms with van der Waals surface area (Å²) in [5.74, 6) is 5.31. The van der Waals surface area contributed by atoms with E-state index in [-0.39, 0.29) is 28.8 Å². The maximum absolute atomic E-state index is 12.8. The first kappa shape index (κ1) is 17.3. The SMILES string of the molecule is C#CC1C[C@@]2(C)C(=C(C)C[C@@H]3[C@H]2CC[C@]2(C)C(=O)C(C)C[C@@H]32)CC1O. The van der Waals surface area contributed by atoms with Gasteiger partial charge in [0.15, 0.2) is 0 Å². The lowest BCUT2D eigenvalue weighted by molar-refractivity contribution is -0.134. The number of aliphatic hydroxyl groups is 1. The normalized spacial score (nSPS) is 52.2. The molecule has 25 heavy (non-hydrogen) atoms. The second-order valence-electron chi connectivity index (χ2n) is 9.96. The van der Waals surface area contributed by atoms with Gasteiger partial charge >= 0.3 is 0 Å². The lowest BCUT2D eigenvalue weighted by atomic mass is 9.46. The number of aliphatic hydroxyl groups excluding tert-OH is 1. The fourth-order valence-electron chi connectivity index (χ4n) is 7.46. The molecule has 0 amide bonds. The minimum Gasteiger partial charge on any atom is -0.392 e. The Labute approximate surface area is 152 Å². The molecule has 136 valence electrons. The summed E-state index contributed by atoms with van der Waals surface area (Å²) in [7, 11) is 0. The summed E-state index contributed by atoms with van der Waals surface area (Å²) in [5, 5.41) is 10.5. The van der Waals surface area contributed by atoms with Crippen molar-refractivity contribution >= 4 is 5.78 Å². The van der Waals surface area contributed by atoms with Gasteiger partial charge in [-0.3, -0.25) is 4.79 Å². The molecule has 4 rings (SSSR count). The number of hydrogen-bond donors (Lipinski definition) is 1. The summed E-state index contributed by atoms with van der Waals surface area (Å²) in [6.07, 6.45) is 11.4. The molecule has 0 aromatic carbocycles. The molecule has 4 aliphatic carbocycles. The summed E-state index contributed by atoms with van der Waals surface area (Å²) in [6.45, 7) is 9.04. The minimum absolute atomic E-state index is 0.0299. The third-order valence-electron chi connectivity index (χ3n) is 8.75. The van der Waals surface area contributed by atoms with Gasteiger partial charge in [-0.2, -0.15) is 0 Å². The molecule has 3 unspecified atom stereocenters. The monoisotopic (exact) mass is 340 g/mol. The molecule has 0 heterocycles. The Morgan fingerprint density at radius 2 is 1.92 bits per heavy atom. The van der Waals surface area contributed by atoms with Crippen molar-refractivity contribution in [1.82, 2.24) is 0 Å². The van der Waals surface area contributed by atoms with Gasteiger partial charge in [0.25, 0.3) is 0 Å². The molecule has 0 aliphatic heterocycles. The zero-order valence-corrected chi connectivity index (χ0v) is 16.1. The van der Waals surface area contributed by atoms with Crippen LogP contribution in [0.25, 0.3) is 0 Å². The highest BCUT2D eigenvalue weighted by molar-refractivity contribution is 5.89. The van der Waals surface area contributed by atoms with Crippen LogP contribution in [0.5, 0.6) is 0 Å². The van der Waals surface area contributed by atoms with Crippen molar-refractivity contribution < 1.29 is 9.90 Å². The van der Waals surface area contributed by atoms with Crippen LogP contribution in [0.4, 0.5) is 0 Å². The molecule has 1 N–H and O–H groups in total. The fraction of sp³-hybridized carbons (Fsp3) is 0.783. The molecule has 0 bridgehead atoms. The van der Waals surface area contributed by atoms with Crippen LogP contribution in [0.2, 0.25) is 0 Å². The maximum atomic E-state index is 12.8. The van der Waals surface area contributed by atoms with Gasteiger partial charge in [-0.15, -0.1) is 12.3 Å². The molecular weight excluding hydrogens is 308 g/mol. The second kappa shape index (κ2) is 5.46. The Morgan fingerprint density at radius 1 is 1.20 bits per heavy atom. The quantitative estimate of drug-likeness (QED) is 0.525. The number of rotatable bonds is 0. The average Bonchev–Trinajstić information content (AvgIpc) is 2.80. The Hall–Kier alpha value is -1.07. The zero-order chi connectivity index (χ0) is 18.1. The molecule has 0 aromatic heterocycles. The first-order chi connectivity index (χ1) is 11.7. The van der Waals surface area contributed by atoms with Crippen LogP contribution < -0.4 is 0 Å². The van der Waals surface area contributed by atoms with E-state index in [9.17, 15) is 9.90 Å². The number of fused-ring (bicyclic) bond motifs is 5. The number of allylic oxidation sites excluding steroid dienone is 1. The van der Waals surface area contributed by atoms with Gasteiger partial charge < -0.3 is 5.11 Å². The topological polar surface area (TPSA) is 37.3 Å². The van der Waals surface area contributed by atoms with E-state index in [0.29, 0.717) is 23.5 Å². The van der Waals surface area contributed by atoms with E-state index in [1.54, 1.807) is 0 Å². The van der Waals surface area contributed by atoms with Crippen molar-refractivity contribution in [1.29, 1.82) is 0 Å². The zero-order valence-electron chi connectivity index (χ0n) is 16.1. The smallest absolute Gasteiger partial charge is 0.141 e. The summed E-state index contributed by atoms with van der Waals surface area (Å²) in [5.41, 5.74) is 2.96. The summed E-state index contributed by atoms with van der Waals surface area (Å²) in [6, 6.07) is 0. The number of carbonyl (C=O) groups excluding carboxylic acids is 1. The first-order valence-corrected chi connectivity index (χ1v) is 10.1. The summed E-state index contributed by atoms with van der Waals surface area (Å²) >= 11 is 0. The molecule has 0 spiro atoms. The molecule has 2 nitrogen and oxygen atoms in total. The Kier molecular flexibility index (Phi) is 3.79. The Morgan fingerprint density at radius 3 is 2.60 bits per heavy atom. The van der Waals surface area contributed by atoms with Gasteiger partial charge in [0.2, 0.25) is 0 Å². The number of hydrogen-bond acceptors (Lipinski definition) is 2. The Balaban J connectivity index is 1.75. The van der Waals surface area contributed by atoms with Crippen molar-refractivity contribution in [2.45, 2.75) is 72.3 Å². The van der Waals surface area contributed by atoms with Gasteiger partial charge in [0.1, 0.15) is 5.78 Å². The van der Waals surface area contributed by atoms with E-state index in [2.05, 4.69) is 33.6 Å². The van der Waals surface area contributed by atoms with E-state index >= 15 is 0 Å². The van der Waals surface area contributed by atoms with Crippen LogP contribution in [0.1, 0.15) is 66.2 Å². The lowest BCUT2D eigenvalue weighted by Gasteiger charge is -2.58. The van der Waals surface area contributed by atoms with Gasteiger partial charge in [-0.05, 0) is 68.6 Å². The Bertz CT molecular complexity index is 683. The van der Waals surface area contributed by atoms with Crippen LogP contribution in [0.15, 0.2) is 11.1 Å². The van der Waals surface area contributed by atoms with Crippen molar-refractivity contribution in [2.24, 2.45) is 40.4 Å². The number of Topliss-reactive ketones (excluding diaryl/α,β-unsaturated/α-hetero) is 1. The van der Waals surface area contributed by atoms with Crippen LogP contribution in [-0.4, -0.2) is 17.0 Å². The molecule has 0 radical (unpaired) electrons. The molecule has 4 aliphatic rings. The average molecular weight is 341 g/mol. The molecule has 8 atom stereocenters. The highest BCUT2D eigenvalue weighted by Gasteiger charge is 2.61. The van der Waals surface area contributed by atoms with Crippen LogP contribution >= 0.6 is 0 Å². The van der Waals surface area contributed by atoms with Crippen LogP contribution in [-0.2, 0) is 4.79 Å². The van der Waals surface area contributed by atoms with E-state index < -0.39 is 0 Å². The molecular formula is C23H32O2. The summed E-state index contributed by atoms with van der Waals surface area (Å²) in [4.78, 5) is 12.8. The van der Waals surface area contributed by atoms with E-state index in [1.165, 1.54) is 11.1 Å². The maximum Gasteiger partial charge on any atom is 0.141 e. The molecule has 0 saturated heterocycles. The predicted octanol–water partition coefficient (Wildman–Crippen LogP) is 4.37. The third-order valence-corrected chi connectivity index (χ3v) is 8.75. The van der Waals surface area contributed by atoms with Gasteiger partial charge in [0.05, 0.1) is 6.10 Å². The predicted molar refractivity (Wildman–Crippen MR) is 99.6 cm³/mol. The molecule has 3 fully saturated rings. The first-order valence-electron chi connectivity index (χ1n) is 10.1. The second-order valence-corrected chi connectivity index (χ2v) is 9.96. The highest BCUT2D eigenvalue weighted by atomic mass is 16.3. The largest absolute Gasteiger partial charge is 0.392 e. The number of terminal acetylenes is 1. The van der Waals surface area contributed by atoms with Gasteiger partial charge in [-0.1, -0.05) is 31.9 Å². The van der Waals surface area contributed by atoms with Crippen LogP contribution in [0.3, 0.4) is 0 Å². The number of ketones is 1. The van der Waals surface area contributed by atoms with E-state index in [0.717, 1.165) is 38.5 Å². The standard InChI is InChI=1S/C23H32O2/c1-6-15-12-23(5)17-7-8-22(4)19(10-14(3)21(22)25)16(17)9-13(2)18(23)11-20(15)24/h1,14-17,19-20,24H,7-12H2,2-5H3/t14?,15?,16-,17-,19+,20?,22+,23-/m1/s1. The van der Waals surface area contributed by atoms with Crippen molar-refractivity contribution in [3.63, 3.8) is 0 Å². The molecule has 2 heteroatoms. The summed E-state index contributed by atoms with van der Waals surface area (Å²) < 4.78 is 0. The molecule has 0 aromatic rings. The van der Waals surface area contributed by atoms with Crippen LogP contribution in [0, 0.1) is 52.8 Å².